The Balaban J connectivity index is 2.67. The molecule has 1 aromatic carbocycles. The van der Waals surface area contributed by atoms with Gasteiger partial charge in [0, 0.05) is 11.0 Å². The number of aliphatic hydroxyl groups excluding tert-OH is 1. The van der Waals surface area contributed by atoms with Crippen molar-refractivity contribution < 1.29 is 9.84 Å². The quantitative estimate of drug-likeness (QED) is 0.944. The fourth-order valence-electron chi connectivity index (χ4n) is 2.14. The van der Waals surface area contributed by atoms with Gasteiger partial charge in [-0.05, 0) is 12.1 Å². The number of ether oxygens (including phenoxy) is 1. The van der Waals surface area contributed by atoms with Crippen LogP contribution in [0, 0.1) is 0 Å². The highest BCUT2D eigenvalue weighted by molar-refractivity contribution is 6.30. The largest absolute Gasteiger partial charge is 0.494 e. The van der Waals surface area contributed by atoms with E-state index in [2.05, 4.69) is 5.10 Å². The molecular weight excluding hydrogens is 276 g/mol. The van der Waals surface area contributed by atoms with Crippen molar-refractivity contribution in [3.63, 3.8) is 0 Å². The zero-order valence-corrected chi connectivity index (χ0v) is 12.9. The van der Waals surface area contributed by atoms with E-state index in [-0.39, 0.29) is 12.0 Å². The lowest BCUT2D eigenvalue weighted by Gasteiger charge is -2.16. The third kappa shape index (κ3) is 2.53. The van der Waals surface area contributed by atoms with Gasteiger partial charge in [-0.1, -0.05) is 44.5 Å². The van der Waals surface area contributed by atoms with Gasteiger partial charge in [-0.25, -0.2) is 4.68 Å². The molecule has 0 aliphatic rings. The number of rotatable bonds is 3. The molecule has 2 rings (SSSR count). The molecule has 0 aliphatic carbocycles. The first-order valence-corrected chi connectivity index (χ1v) is 6.80. The van der Waals surface area contributed by atoms with Crippen LogP contribution < -0.4 is 4.74 Å². The average Bonchev–Trinajstić information content (AvgIpc) is 2.75. The highest BCUT2D eigenvalue weighted by Gasteiger charge is 2.26. The number of halogens is 1. The maximum absolute atomic E-state index is 9.58. The summed E-state index contributed by atoms with van der Waals surface area (Å²) in [5, 5.41) is 14.6. The molecule has 2 aromatic rings. The molecule has 20 heavy (non-hydrogen) atoms. The maximum Gasteiger partial charge on any atom is 0.144 e. The SMILES string of the molecule is COc1ccccc1-n1nc(C(C)(C)C)c(CO)c1Cl. The molecule has 0 radical (unpaired) electrons. The predicted molar refractivity (Wildman–Crippen MR) is 79.7 cm³/mol. The molecule has 0 atom stereocenters. The Labute approximate surface area is 123 Å². The standard InChI is InChI=1S/C15H19ClN2O2/c1-15(2,3)13-10(9-19)14(16)18(17-13)11-7-5-6-8-12(11)20-4/h5-8,19H,9H2,1-4H3. The minimum absolute atomic E-state index is 0.138. The molecule has 1 aromatic heterocycles. The van der Waals surface area contributed by atoms with Crippen molar-refractivity contribution in [3.8, 4) is 11.4 Å². The summed E-state index contributed by atoms with van der Waals surface area (Å²) in [6.45, 7) is 5.98. The van der Waals surface area contributed by atoms with Gasteiger partial charge in [0.05, 0.1) is 19.4 Å². The van der Waals surface area contributed by atoms with E-state index < -0.39 is 0 Å². The molecule has 1 N–H and O–H groups in total. The molecule has 4 nitrogen and oxygen atoms in total. The van der Waals surface area contributed by atoms with Crippen LogP contribution in [0.5, 0.6) is 5.75 Å². The Morgan fingerprint density at radius 1 is 1.30 bits per heavy atom. The number of methoxy groups -OCH3 is 1. The summed E-state index contributed by atoms with van der Waals surface area (Å²) in [6, 6.07) is 7.51. The zero-order valence-electron chi connectivity index (χ0n) is 12.1. The van der Waals surface area contributed by atoms with E-state index >= 15 is 0 Å². The molecule has 0 bridgehead atoms. The van der Waals surface area contributed by atoms with Crippen molar-refractivity contribution in [2.45, 2.75) is 32.8 Å². The summed E-state index contributed by atoms with van der Waals surface area (Å²) in [5.41, 5.74) is 2.00. The average molecular weight is 295 g/mol. The van der Waals surface area contributed by atoms with Crippen LogP contribution in [-0.2, 0) is 12.0 Å². The molecule has 0 amide bonds. The molecule has 0 fully saturated rings. The van der Waals surface area contributed by atoms with Crippen LogP contribution in [0.1, 0.15) is 32.0 Å². The second-order valence-electron chi connectivity index (χ2n) is 5.61. The van der Waals surface area contributed by atoms with E-state index in [1.165, 1.54) is 0 Å². The lowest BCUT2D eigenvalue weighted by Crippen LogP contribution is -2.15. The van der Waals surface area contributed by atoms with E-state index in [0.717, 1.165) is 11.4 Å². The van der Waals surface area contributed by atoms with Crippen LogP contribution >= 0.6 is 11.6 Å². The van der Waals surface area contributed by atoms with Gasteiger partial charge >= 0.3 is 0 Å². The van der Waals surface area contributed by atoms with Crippen molar-refractivity contribution in [2.24, 2.45) is 0 Å². The lowest BCUT2D eigenvalue weighted by molar-refractivity contribution is 0.278. The van der Waals surface area contributed by atoms with Crippen molar-refractivity contribution >= 4 is 11.6 Å². The molecule has 0 saturated carbocycles. The van der Waals surface area contributed by atoms with E-state index in [1.54, 1.807) is 11.8 Å². The van der Waals surface area contributed by atoms with Gasteiger partial charge in [-0.15, -0.1) is 0 Å². The number of hydrogen-bond donors (Lipinski definition) is 1. The Hall–Kier alpha value is -1.52. The van der Waals surface area contributed by atoms with Crippen LogP contribution in [0.25, 0.3) is 5.69 Å². The van der Waals surface area contributed by atoms with E-state index in [4.69, 9.17) is 16.3 Å². The third-order valence-electron chi connectivity index (χ3n) is 3.10. The second kappa shape index (κ2) is 5.46. The van der Waals surface area contributed by atoms with Gasteiger partial charge in [0.2, 0.25) is 0 Å². The first kappa shape index (κ1) is 14.9. The molecule has 108 valence electrons. The number of nitrogens with zero attached hydrogens (tertiary/aromatic N) is 2. The Kier molecular flexibility index (Phi) is 4.06. The highest BCUT2D eigenvalue weighted by Crippen LogP contribution is 2.33. The fourth-order valence-corrected chi connectivity index (χ4v) is 2.42. The van der Waals surface area contributed by atoms with Crippen LogP contribution in [0.4, 0.5) is 0 Å². The van der Waals surface area contributed by atoms with E-state index in [1.807, 2.05) is 45.0 Å². The van der Waals surface area contributed by atoms with E-state index in [0.29, 0.717) is 16.5 Å². The Morgan fingerprint density at radius 3 is 2.45 bits per heavy atom. The summed E-state index contributed by atoms with van der Waals surface area (Å²) in [5.74, 6) is 0.682. The van der Waals surface area contributed by atoms with Crippen LogP contribution in [0.3, 0.4) is 0 Å². The normalized spacial score (nSPS) is 11.7. The number of aliphatic hydroxyl groups is 1. The van der Waals surface area contributed by atoms with Gasteiger partial charge in [0.1, 0.15) is 16.6 Å². The highest BCUT2D eigenvalue weighted by atomic mass is 35.5. The van der Waals surface area contributed by atoms with Crippen LogP contribution in [0.2, 0.25) is 5.15 Å². The van der Waals surface area contributed by atoms with Crippen LogP contribution in [-0.4, -0.2) is 22.0 Å². The lowest BCUT2D eigenvalue weighted by atomic mass is 9.90. The molecule has 0 spiro atoms. The smallest absolute Gasteiger partial charge is 0.144 e. The van der Waals surface area contributed by atoms with Gasteiger partial charge in [0.25, 0.3) is 0 Å². The Morgan fingerprint density at radius 2 is 1.95 bits per heavy atom. The summed E-state index contributed by atoms with van der Waals surface area (Å²) >= 11 is 6.38. The first-order valence-electron chi connectivity index (χ1n) is 6.42. The molecule has 1 heterocycles. The molecular formula is C15H19ClN2O2. The second-order valence-corrected chi connectivity index (χ2v) is 5.97. The maximum atomic E-state index is 9.58. The molecule has 0 saturated heterocycles. The van der Waals surface area contributed by atoms with Crippen molar-refractivity contribution in [3.05, 3.63) is 40.7 Å². The summed E-state index contributed by atoms with van der Waals surface area (Å²) in [6.07, 6.45) is 0. The number of benzene rings is 1. The Bertz CT molecular complexity index is 615. The topological polar surface area (TPSA) is 47.3 Å². The van der Waals surface area contributed by atoms with E-state index in [9.17, 15) is 5.11 Å². The van der Waals surface area contributed by atoms with Crippen molar-refractivity contribution in [1.29, 1.82) is 0 Å². The van der Waals surface area contributed by atoms with Crippen molar-refractivity contribution in [2.75, 3.05) is 7.11 Å². The van der Waals surface area contributed by atoms with Gasteiger partial charge in [-0.2, -0.15) is 5.10 Å². The molecule has 0 aliphatic heterocycles. The van der Waals surface area contributed by atoms with Crippen molar-refractivity contribution in [1.82, 2.24) is 9.78 Å². The van der Waals surface area contributed by atoms with Gasteiger partial charge < -0.3 is 9.84 Å². The van der Waals surface area contributed by atoms with Crippen LogP contribution in [0.15, 0.2) is 24.3 Å². The minimum Gasteiger partial charge on any atom is -0.494 e. The number of hydrogen-bond acceptors (Lipinski definition) is 3. The summed E-state index contributed by atoms with van der Waals surface area (Å²) < 4.78 is 6.96. The first-order chi connectivity index (χ1) is 9.40. The van der Waals surface area contributed by atoms with Gasteiger partial charge in [0.15, 0.2) is 0 Å². The minimum atomic E-state index is -0.199. The number of aromatic nitrogens is 2. The third-order valence-corrected chi connectivity index (χ3v) is 3.49. The summed E-state index contributed by atoms with van der Waals surface area (Å²) in [4.78, 5) is 0. The zero-order chi connectivity index (χ0) is 14.9. The monoisotopic (exact) mass is 294 g/mol. The predicted octanol–water partition coefficient (Wildman–Crippen LogP) is 3.32. The molecule has 5 heteroatoms. The fraction of sp³-hybridized carbons (Fsp3) is 0.400. The molecule has 0 unspecified atom stereocenters. The van der Waals surface area contributed by atoms with Gasteiger partial charge in [-0.3, -0.25) is 0 Å². The summed E-state index contributed by atoms with van der Waals surface area (Å²) in [7, 11) is 1.61. The number of para-hydroxylation sites is 2.